The molecule has 2 atom stereocenters. The van der Waals surface area contributed by atoms with Crippen LogP contribution in [0, 0.1) is 0 Å². The highest BCUT2D eigenvalue weighted by atomic mass is 16.6. The number of amides is 4. The van der Waals surface area contributed by atoms with E-state index in [-0.39, 0.29) is 12.2 Å². The van der Waals surface area contributed by atoms with Crippen molar-refractivity contribution in [2.24, 2.45) is 0 Å². The number of alkyl carbamates (subject to hydrolysis) is 2. The lowest BCUT2D eigenvalue weighted by atomic mass is 9.92. The first-order valence-corrected chi connectivity index (χ1v) is 14.2. The van der Waals surface area contributed by atoms with Crippen molar-refractivity contribution in [3.63, 3.8) is 0 Å². The summed E-state index contributed by atoms with van der Waals surface area (Å²) in [4.78, 5) is 64.4. The summed E-state index contributed by atoms with van der Waals surface area (Å²) in [5, 5.41) is 10.2. The van der Waals surface area contributed by atoms with Crippen molar-refractivity contribution >= 4 is 29.8 Å². The fourth-order valence-corrected chi connectivity index (χ4v) is 4.09. The van der Waals surface area contributed by atoms with Gasteiger partial charge in [-0.1, -0.05) is 72.8 Å². The number of ether oxygens (including phenoxy) is 3. The predicted octanol–water partition coefficient (Wildman–Crippen LogP) is 3.67. The van der Waals surface area contributed by atoms with Crippen LogP contribution in [0.2, 0.25) is 0 Å². The topological polar surface area (TPSA) is 161 Å². The van der Waals surface area contributed by atoms with Crippen molar-refractivity contribution in [1.29, 1.82) is 0 Å². The van der Waals surface area contributed by atoms with E-state index in [1.54, 1.807) is 99.6 Å². The van der Waals surface area contributed by atoms with Gasteiger partial charge >= 0.3 is 12.2 Å². The van der Waals surface area contributed by atoms with Crippen molar-refractivity contribution in [3.8, 4) is 5.75 Å². The first kappa shape index (κ1) is 34.1. The van der Waals surface area contributed by atoms with Crippen LogP contribution in [0.5, 0.6) is 5.75 Å². The van der Waals surface area contributed by atoms with E-state index in [4.69, 9.17) is 14.2 Å². The Morgan fingerprint density at radius 1 is 0.711 bits per heavy atom. The molecule has 0 heterocycles. The van der Waals surface area contributed by atoms with Gasteiger partial charge in [-0.2, -0.15) is 0 Å². The Morgan fingerprint density at radius 3 is 1.84 bits per heavy atom. The van der Waals surface area contributed by atoms with Crippen molar-refractivity contribution in [2.45, 2.75) is 45.1 Å². The SMILES string of the molecule is COc1ccc([C@@H](NC(=O)CNC(=O)OC(C)(C)C)[C@H](NC(=O)CNC(=O)OCc2ccccc2)C(=O)c2ccccc2)cc1. The fourth-order valence-electron chi connectivity index (χ4n) is 4.09. The number of Topliss-reactive ketones (excluding diaryl/α,β-unsaturated/α-hetero) is 1. The quantitative estimate of drug-likeness (QED) is 0.211. The number of ketones is 1. The lowest BCUT2D eigenvalue weighted by Crippen LogP contribution is -2.53. The fraction of sp³-hybridized carbons (Fsp3) is 0.303. The minimum atomic E-state index is -1.32. The van der Waals surface area contributed by atoms with Crippen LogP contribution in [0.3, 0.4) is 0 Å². The zero-order valence-corrected chi connectivity index (χ0v) is 25.6. The molecule has 0 fully saturated rings. The first-order valence-electron chi connectivity index (χ1n) is 14.2. The Morgan fingerprint density at radius 2 is 1.27 bits per heavy atom. The highest BCUT2D eigenvalue weighted by molar-refractivity contribution is 6.03. The van der Waals surface area contributed by atoms with Gasteiger partial charge in [0.1, 0.15) is 37.1 Å². The molecule has 0 aliphatic carbocycles. The number of carbonyl (C=O) groups is 5. The van der Waals surface area contributed by atoms with E-state index >= 15 is 0 Å². The molecule has 0 aliphatic heterocycles. The highest BCUT2D eigenvalue weighted by Gasteiger charge is 2.33. The third-order valence-electron chi connectivity index (χ3n) is 6.18. The molecule has 0 saturated carbocycles. The minimum Gasteiger partial charge on any atom is -0.497 e. The zero-order valence-electron chi connectivity index (χ0n) is 25.6. The van der Waals surface area contributed by atoms with Gasteiger partial charge in [-0.05, 0) is 44.0 Å². The van der Waals surface area contributed by atoms with E-state index in [0.29, 0.717) is 11.3 Å². The Labute approximate surface area is 261 Å². The molecule has 3 aromatic rings. The largest absolute Gasteiger partial charge is 0.497 e. The molecule has 3 rings (SSSR count). The van der Waals surface area contributed by atoms with E-state index in [9.17, 15) is 24.0 Å². The minimum absolute atomic E-state index is 0.00627. The Balaban J connectivity index is 1.80. The summed E-state index contributed by atoms with van der Waals surface area (Å²) in [5.41, 5.74) is 0.736. The number of benzene rings is 3. The van der Waals surface area contributed by atoms with Gasteiger partial charge < -0.3 is 35.5 Å². The van der Waals surface area contributed by atoms with Gasteiger partial charge in [0, 0.05) is 5.56 Å². The maximum absolute atomic E-state index is 13.8. The van der Waals surface area contributed by atoms with Crippen LogP contribution in [-0.4, -0.2) is 61.6 Å². The van der Waals surface area contributed by atoms with E-state index in [2.05, 4.69) is 21.3 Å². The second-order valence-electron chi connectivity index (χ2n) is 10.9. The molecule has 0 spiro atoms. The number of methoxy groups -OCH3 is 1. The van der Waals surface area contributed by atoms with Gasteiger partial charge in [-0.25, -0.2) is 9.59 Å². The van der Waals surface area contributed by atoms with Gasteiger partial charge in [0.15, 0.2) is 5.78 Å². The summed E-state index contributed by atoms with van der Waals surface area (Å²) < 4.78 is 15.6. The van der Waals surface area contributed by atoms with E-state index < -0.39 is 60.6 Å². The van der Waals surface area contributed by atoms with Crippen LogP contribution in [0.4, 0.5) is 9.59 Å². The normalized spacial score (nSPS) is 12.1. The number of rotatable bonds is 13. The molecule has 238 valence electrons. The van der Waals surface area contributed by atoms with Gasteiger partial charge in [-0.15, -0.1) is 0 Å². The lowest BCUT2D eigenvalue weighted by Gasteiger charge is -2.29. The molecule has 0 saturated heterocycles. The Hall–Kier alpha value is -5.39. The van der Waals surface area contributed by atoms with E-state index in [0.717, 1.165) is 5.56 Å². The smallest absolute Gasteiger partial charge is 0.408 e. The third kappa shape index (κ3) is 11.7. The number of hydrogen-bond acceptors (Lipinski definition) is 8. The van der Waals surface area contributed by atoms with Crippen molar-refractivity contribution in [3.05, 3.63) is 102 Å². The van der Waals surface area contributed by atoms with Crippen molar-refractivity contribution in [2.75, 3.05) is 20.2 Å². The van der Waals surface area contributed by atoms with Gasteiger partial charge in [-0.3, -0.25) is 14.4 Å². The molecule has 4 N–H and O–H groups in total. The molecular formula is C33H38N4O8. The first-order chi connectivity index (χ1) is 21.4. The second-order valence-corrected chi connectivity index (χ2v) is 10.9. The van der Waals surface area contributed by atoms with E-state index in [1.165, 1.54) is 7.11 Å². The number of nitrogens with one attached hydrogen (secondary N) is 4. The predicted molar refractivity (Wildman–Crippen MR) is 165 cm³/mol. The molecule has 12 heteroatoms. The van der Waals surface area contributed by atoms with Crippen LogP contribution in [0.25, 0.3) is 0 Å². The van der Waals surface area contributed by atoms with Crippen LogP contribution in [0.1, 0.15) is 48.3 Å². The summed E-state index contributed by atoms with van der Waals surface area (Å²) in [6, 6.07) is 21.4. The number of carbonyl (C=O) groups excluding carboxylic acids is 5. The average Bonchev–Trinajstić information content (AvgIpc) is 3.03. The average molecular weight is 619 g/mol. The highest BCUT2D eigenvalue weighted by Crippen LogP contribution is 2.23. The molecule has 0 aliphatic rings. The molecule has 45 heavy (non-hydrogen) atoms. The maximum Gasteiger partial charge on any atom is 0.408 e. The molecule has 0 aromatic heterocycles. The van der Waals surface area contributed by atoms with Gasteiger partial charge in [0.05, 0.1) is 13.2 Å². The standard InChI is InChI=1S/C33H38N4O8/c1-33(2,3)45-32(42)35-20-26(38)36-28(23-15-17-25(43-4)18-16-23)29(30(40)24-13-9-6-10-14-24)37-27(39)19-34-31(41)44-21-22-11-7-5-8-12-22/h5-18,28-29H,19-21H2,1-4H3,(H,34,41)(H,35,42)(H,36,38)(H,37,39)/t28-,29+/m1/s1. The summed E-state index contributed by atoms with van der Waals surface area (Å²) in [7, 11) is 1.50. The summed E-state index contributed by atoms with van der Waals surface area (Å²) in [6.07, 6.45) is -1.62. The molecule has 0 unspecified atom stereocenters. The van der Waals surface area contributed by atoms with Crippen LogP contribution in [-0.2, 0) is 25.7 Å². The monoisotopic (exact) mass is 618 g/mol. The molecule has 3 aromatic carbocycles. The summed E-state index contributed by atoms with van der Waals surface area (Å²) >= 11 is 0. The van der Waals surface area contributed by atoms with Crippen LogP contribution < -0.4 is 26.0 Å². The van der Waals surface area contributed by atoms with E-state index in [1.807, 2.05) is 6.07 Å². The Bertz CT molecular complexity index is 1440. The van der Waals surface area contributed by atoms with Crippen LogP contribution in [0.15, 0.2) is 84.9 Å². The lowest BCUT2D eigenvalue weighted by molar-refractivity contribution is -0.123. The second kappa shape index (κ2) is 16.5. The van der Waals surface area contributed by atoms with Gasteiger partial charge in [0.25, 0.3) is 0 Å². The molecule has 0 radical (unpaired) electrons. The van der Waals surface area contributed by atoms with Crippen LogP contribution >= 0.6 is 0 Å². The van der Waals surface area contributed by atoms with Gasteiger partial charge in [0.2, 0.25) is 11.8 Å². The molecule has 4 amide bonds. The summed E-state index contributed by atoms with van der Waals surface area (Å²) in [5.74, 6) is -1.33. The van der Waals surface area contributed by atoms with Crippen molar-refractivity contribution < 1.29 is 38.2 Å². The number of hydrogen-bond donors (Lipinski definition) is 4. The van der Waals surface area contributed by atoms with Crippen molar-refractivity contribution in [1.82, 2.24) is 21.3 Å². The zero-order chi connectivity index (χ0) is 32.8. The maximum atomic E-state index is 13.8. The molecule has 12 nitrogen and oxygen atoms in total. The summed E-state index contributed by atoms with van der Waals surface area (Å²) in [6.45, 7) is 4.10. The Kier molecular flexibility index (Phi) is 12.5. The molecular weight excluding hydrogens is 580 g/mol. The molecule has 0 bridgehead atoms. The third-order valence-corrected chi connectivity index (χ3v) is 6.18.